The van der Waals surface area contributed by atoms with Gasteiger partial charge >= 0.3 is 0 Å². The van der Waals surface area contributed by atoms with Crippen LogP contribution in [0.4, 0.5) is 8.78 Å². The van der Waals surface area contributed by atoms with Crippen molar-refractivity contribution in [3.8, 4) is 5.75 Å². The lowest BCUT2D eigenvalue weighted by Crippen LogP contribution is -2.14. The molecule has 0 radical (unpaired) electrons. The monoisotopic (exact) mass is 360 g/mol. The van der Waals surface area contributed by atoms with Crippen molar-refractivity contribution in [3.05, 3.63) is 29.3 Å². The minimum Gasteiger partial charge on any atom is -0.490 e. The second-order valence-electron chi connectivity index (χ2n) is 6.31. The van der Waals surface area contributed by atoms with Crippen LogP contribution >= 0.6 is 15.9 Å². The lowest BCUT2D eigenvalue weighted by Gasteiger charge is -2.27. The Bertz CT molecular complexity index is 470. The van der Waals surface area contributed by atoms with Crippen LogP contribution in [0.25, 0.3) is 0 Å². The van der Waals surface area contributed by atoms with Gasteiger partial charge in [0.25, 0.3) is 0 Å². The van der Waals surface area contributed by atoms with E-state index < -0.39 is 11.6 Å². The van der Waals surface area contributed by atoms with Crippen molar-refractivity contribution >= 4 is 15.9 Å². The third-order valence-electron chi connectivity index (χ3n) is 4.32. The molecule has 0 unspecified atom stereocenters. The van der Waals surface area contributed by atoms with Gasteiger partial charge in [0.15, 0.2) is 11.6 Å². The minimum atomic E-state index is -0.840. The Labute approximate surface area is 134 Å². The topological polar surface area (TPSA) is 9.23 Å². The van der Waals surface area contributed by atoms with Crippen molar-refractivity contribution in [2.45, 2.75) is 45.4 Å². The van der Waals surface area contributed by atoms with E-state index in [0.717, 1.165) is 31.0 Å². The molecule has 0 heterocycles. The maximum absolute atomic E-state index is 14.3. The normalized spacial score (nSPS) is 23.9. The van der Waals surface area contributed by atoms with Crippen molar-refractivity contribution in [1.29, 1.82) is 0 Å². The van der Waals surface area contributed by atoms with E-state index in [1.54, 1.807) is 12.1 Å². The summed E-state index contributed by atoms with van der Waals surface area (Å²) in [5.41, 5.74) is 0.514. The molecule has 0 aliphatic heterocycles. The van der Waals surface area contributed by atoms with E-state index in [2.05, 4.69) is 22.9 Å². The Morgan fingerprint density at radius 2 is 1.86 bits per heavy atom. The van der Waals surface area contributed by atoms with Crippen LogP contribution in [0.15, 0.2) is 12.1 Å². The highest BCUT2D eigenvalue weighted by Gasteiger charge is 2.25. The predicted octanol–water partition coefficient (Wildman–Crippen LogP) is 5.67. The second kappa shape index (κ2) is 7.57. The predicted molar refractivity (Wildman–Crippen MR) is 85.2 cm³/mol. The average molecular weight is 361 g/mol. The van der Waals surface area contributed by atoms with Gasteiger partial charge in [-0.3, -0.25) is 0 Å². The van der Waals surface area contributed by atoms with E-state index in [4.69, 9.17) is 4.74 Å². The second-order valence-corrected chi connectivity index (χ2v) is 6.96. The van der Waals surface area contributed by atoms with Gasteiger partial charge in [-0.15, -0.1) is 0 Å². The summed E-state index contributed by atoms with van der Waals surface area (Å²) in [6, 6.07) is 3.28. The molecule has 1 nitrogen and oxygen atoms in total. The Morgan fingerprint density at radius 3 is 2.48 bits per heavy atom. The van der Waals surface area contributed by atoms with Gasteiger partial charge in [0.05, 0.1) is 6.61 Å². The summed E-state index contributed by atoms with van der Waals surface area (Å²) < 4.78 is 33.8. The molecule has 1 aliphatic rings. The maximum atomic E-state index is 14.3. The van der Waals surface area contributed by atoms with Crippen molar-refractivity contribution in [3.63, 3.8) is 0 Å². The summed E-state index contributed by atoms with van der Waals surface area (Å²) in [7, 11) is 0. The highest BCUT2D eigenvalue weighted by atomic mass is 79.9. The Morgan fingerprint density at radius 1 is 1.19 bits per heavy atom. The van der Waals surface area contributed by atoms with Gasteiger partial charge in [-0.05, 0) is 42.2 Å². The van der Waals surface area contributed by atoms with Crippen molar-refractivity contribution in [2.75, 3.05) is 11.9 Å². The molecule has 4 heteroatoms. The number of hydrogen-bond donors (Lipinski definition) is 0. The Kier molecular flexibility index (Phi) is 6.03. The number of benzene rings is 1. The molecule has 21 heavy (non-hydrogen) atoms. The fourth-order valence-electron chi connectivity index (χ4n) is 2.82. The first-order chi connectivity index (χ1) is 10.0. The highest BCUT2D eigenvalue weighted by Crippen LogP contribution is 2.38. The van der Waals surface area contributed by atoms with Crippen LogP contribution in [0, 0.1) is 23.5 Å². The average Bonchev–Trinajstić information content (AvgIpc) is 2.49. The molecule has 0 spiro atoms. The molecule has 1 fully saturated rings. The van der Waals surface area contributed by atoms with Crippen LogP contribution in [-0.2, 0) is 0 Å². The van der Waals surface area contributed by atoms with Gasteiger partial charge in [-0.2, -0.15) is 4.39 Å². The number of rotatable bonds is 5. The number of alkyl halides is 1. The smallest absolute Gasteiger partial charge is 0.200 e. The zero-order valence-corrected chi connectivity index (χ0v) is 14.3. The lowest BCUT2D eigenvalue weighted by atomic mass is 9.79. The summed E-state index contributed by atoms with van der Waals surface area (Å²) in [6.45, 7) is 4.58. The first-order valence-electron chi connectivity index (χ1n) is 7.69. The van der Waals surface area contributed by atoms with Crippen molar-refractivity contribution in [2.24, 2.45) is 11.8 Å². The molecule has 0 saturated heterocycles. The van der Waals surface area contributed by atoms with Crippen LogP contribution in [-0.4, -0.2) is 11.9 Å². The maximum Gasteiger partial charge on any atom is 0.200 e. The van der Waals surface area contributed by atoms with E-state index in [9.17, 15) is 8.78 Å². The summed E-state index contributed by atoms with van der Waals surface area (Å²) in [6.07, 6.45) is 4.07. The SMILES string of the molecule is CC1CCC(c2ccc(OC[C@@H](C)CBr)c(F)c2F)CC1. The molecule has 118 valence electrons. The number of ether oxygens (including phenoxy) is 1. The third kappa shape index (κ3) is 4.18. The standard InChI is InChI=1S/C17H23BrF2O/c1-11-3-5-13(6-4-11)14-7-8-15(17(20)16(14)19)21-10-12(2)9-18/h7-8,11-13H,3-6,9-10H2,1-2H3/t11?,12-,13?/m0/s1. The van der Waals surface area contributed by atoms with Crippen LogP contribution in [0.1, 0.15) is 51.0 Å². The van der Waals surface area contributed by atoms with Crippen molar-refractivity contribution in [1.82, 2.24) is 0 Å². The summed E-state index contributed by atoms with van der Waals surface area (Å²) in [5, 5.41) is 0.773. The van der Waals surface area contributed by atoms with Gasteiger partial charge in [0.1, 0.15) is 0 Å². The zero-order valence-electron chi connectivity index (χ0n) is 12.7. The molecule has 1 aromatic carbocycles. The first kappa shape index (κ1) is 16.7. The summed E-state index contributed by atoms with van der Waals surface area (Å²) in [5.74, 6) is -0.444. The van der Waals surface area contributed by atoms with Gasteiger partial charge in [-0.1, -0.05) is 48.7 Å². The molecule has 1 aliphatic carbocycles. The van der Waals surface area contributed by atoms with E-state index in [-0.39, 0.29) is 17.6 Å². The quantitative estimate of drug-likeness (QED) is 0.614. The van der Waals surface area contributed by atoms with Gasteiger partial charge < -0.3 is 4.74 Å². The molecular formula is C17H23BrF2O. The summed E-state index contributed by atoms with van der Waals surface area (Å²) >= 11 is 3.34. The van der Waals surface area contributed by atoms with Crippen LogP contribution in [0.5, 0.6) is 5.75 Å². The van der Waals surface area contributed by atoms with Gasteiger partial charge in [0.2, 0.25) is 5.82 Å². The zero-order chi connectivity index (χ0) is 15.4. The molecule has 1 saturated carbocycles. The van der Waals surface area contributed by atoms with Crippen LogP contribution < -0.4 is 4.74 Å². The van der Waals surface area contributed by atoms with E-state index in [0.29, 0.717) is 18.1 Å². The highest BCUT2D eigenvalue weighted by molar-refractivity contribution is 9.09. The van der Waals surface area contributed by atoms with Crippen molar-refractivity contribution < 1.29 is 13.5 Å². The minimum absolute atomic E-state index is 0.0215. The molecule has 2 rings (SSSR count). The molecule has 0 amide bonds. The molecule has 0 aromatic heterocycles. The van der Waals surface area contributed by atoms with Gasteiger partial charge in [0, 0.05) is 5.33 Å². The Balaban J connectivity index is 2.10. The van der Waals surface area contributed by atoms with Crippen LogP contribution in [0.2, 0.25) is 0 Å². The molecule has 0 N–H and O–H groups in total. The Hall–Kier alpha value is -0.640. The molecular weight excluding hydrogens is 338 g/mol. The van der Waals surface area contributed by atoms with Crippen LogP contribution in [0.3, 0.4) is 0 Å². The third-order valence-corrected chi connectivity index (χ3v) is 5.42. The fraction of sp³-hybridized carbons (Fsp3) is 0.647. The van der Waals surface area contributed by atoms with E-state index >= 15 is 0 Å². The largest absolute Gasteiger partial charge is 0.490 e. The van der Waals surface area contributed by atoms with E-state index in [1.165, 1.54) is 0 Å². The lowest BCUT2D eigenvalue weighted by molar-refractivity contribution is 0.257. The fourth-order valence-corrected chi connectivity index (χ4v) is 3.01. The summed E-state index contributed by atoms with van der Waals surface area (Å²) in [4.78, 5) is 0. The number of hydrogen-bond acceptors (Lipinski definition) is 1. The molecule has 1 aromatic rings. The molecule has 1 atom stereocenters. The number of halogens is 3. The van der Waals surface area contributed by atoms with E-state index in [1.807, 2.05) is 6.92 Å². The first-order valence-corrected chi connectivity index (χ1v) is 8.81. The molecule has 0 bridgehead atoms. The van der Waals surface area contributed by atoms with Gasteiger partial charge in [-0.25, -0.2) is 4.39 Å².